The summed E-state index contributed by atoms with van der Waals surface area (Å²) in [5.41, 5.74) is -2.26. The van der Waals surface area contributed by atoms with Gasteiger partial charge in [-0.1, -0.05) is 29.8 Å². The highest BCUT2D eigenvalue weighted by Gasteiger charge is 2.40. The van der Waals surface area contributed by atoms with Crippen molar-refractivity contribution in [3.05, 3.63) is 75.2 Å². The zero-order valence-corrected chi connectivity index (χ0v) is 27.0. The number of allylic oxidation sites excluding steroid dienone is 1. The number of nitrogens with zero attached hydrogens (tertiary/aromatic N) is 3. The molecule has 1 amide bonds. The van der Waals surface area contributed by atoms with Gasteiger partial charge in [-0.3, -0.25) is 9.36 Å². The van der Waals surface area contributed by atoms with E-state index < -0.39 is 63.2 Å². The fraction of sp³-hybridized carbons (Fsp3) is 0.387. The van der Waals surface area contributed by atoms with Crippen LogP contribution in [-0.2, 0) is 20.4 Å². The second kappa shape index (κ2) is 14.5. The number of hydrogen-bond donors (Lipinski definition) is 1. The van der Waals surface area contributed by atoms with Gasteiger partial charge in [0, 0.05) is 59.5 Å². The van der Waals surface area contributed by atoms with Gasteiger partial charge in [-0.15, -0.1) is 11.8 Å². The first-order chi connectivity index (χ1) is 21.7. The van der Waals surface area contributed by atoms with E-state index in [1.54, 1.807) is 31.7 Å². The van der Waals surface area contributed by atoms with Gasteiger partial charge in [-0.05, 0) is 39.0 Å². The first-order valence-electron chi connectivity index (χ1n) is 14.1. The summed E-state index contributed by atoms with van der Waals surface area (Å²) in [4.78, 5) is 31.7. The number of amides is 1. The average molecular weight is 687 g/mol. The number of anilines is 1. The summed E-state index contributed by atoms with van der Waals surface area (Å²) >= 11 is 6.91. The van der Waals surface area contributed by atoms with Gasteiger partial charge in [-0.25, -0.2) is 13.6 Å². The number of ether oxygens (including phenoxy) is 2. The summed E-state index contributed by atoms with van der Waals surface area (Å²) < 4.78 is 85.9. The topological polar surface area (TPSA) is 85.7 Å². The summed E-state index contributed by atoms with van der Waals surface area (Å²) in [5.74, 6) is -2.84. The first-order valence-corrected chi connectivity index (χ1v) is 15.4. The van der Waals surface area contributed by atoms with Crippen molar-refractivity contribution >= 4 is 46.0 Å². The molecule has 2 aromatic carbocycles. The lowest BCUT2D eigenvalue weighted by Crippen LogP contribution is -2.43. The van der Waals surface area contributed by atoms with Crippen molar-refractivity contribution in [3.8, 4) is 11.1 Å². The third-order valence-corrected chi connectivity index (χ3v) is 8.85. The molecule has 46 heavy (non-hydrogen) atoms. The molecular formula is C31H32ClF5N4O4S. The SMILES string of the molecule is C=CC(=O)N[C@@H](C)CN(C/C(C)=C\C)c1nc(=O)n2c3c(c(-c4cc(Cl)c(F)cc4F)c(C(F)(F)F)cc13)SC[C@@H]2COCOC. The molecule has 248 valence electrons. The van der Waals surface area contributed by atoms with Crippen molar-refractivity contribution in [2.24, 2.45) is 0 Å². The molecule has 0 radical (unpaired) electrons. The standard InChI is InChI=1S/C31H32ClF5N4O4S/c1-6-16(3)11-40(12-17(4)38-25(42)7-2)29-20-8-21(31(35,36)37)26(19-9-22(32)24(34)10-23(19)33)28-27(20)41(30(43)39-29)18(14-46-28)13-45-15-44-5/h6-10,17-18H,2,11-15H2,1,3-5H3,(H,38,42)/b16-6-/t17-,18-/m0/s1. The van der Waals surface area contributed by atoms with Gasteiger partial charge in [-0.2, -0.15) is 18.2 Å². The van der Waals surface area contributed by atoms with Gasteiger partial charge < -0.3 is 19.7 Å². The molecule has 0 aliphatic carbocycles. The number of rotatable bonds is 12. The zero-order valence-electron chi connectivity index (χ0n) is 25.4. The lowest BCUT2D eigenvalue weighted by Gasteiger charge is -2.33. The van der Waals surface area contributed by atoms with E-state index in [1.807, 2.05) is 0 Å². The third kappa shape index (κ3) is 7.40. The summed E-state index contributed by atoms with van der Waals surface area (Å²) in [6.07, 6.45) is -2.12. The number of hydrogen-bond acceptors (Lipinski definition) is 7. The van der Waals surface area contributed by atoms with E-state index in [0.717, 1.165) is 35.5 Å². The van der Waals surface area contributed by atoms with Gasteiger partial charge in [0.15, 0.2) is 0 Å². The molecular weight excluding hydrogens is 655 g/mol. The summed E-state index contributed by atoms with van der Waals surface area (Å²) in [6.45, 7) is 8.81. The van der Waals surface area contributed by atoms with Crippen molar-refractivity contribution in [2.45, 2.75) is 43.9 Å². The largest absolute Gasteiger partial charge is 0.417 e. The van der Waals surface area contributed by atoms with Gasteiger partial charge in [0.25, 0.3) is 0 Å². The van der Waals surface area contributed by atoms with E-state index in [4.69, 9.17) is 21.1 Å². The number of carbonyl (C=O) groups excluding carboxylic acids is 1. The van der Waals surface area contributed by atoms with E-state index in [0.29, 0.717) is 6.07 Å². The Morgan fingerprint density at radius 3 is 2.65 bits per heavy atom. The highest BCUT2D eigenvalue weighted by Crippen LogP contribution is 2.50. The summed E-state index contributed by atoms with van der Waals surface area (Å²) in [5, 5.41) is 2.12. The molecule has 15 heteroatoms. The number of nitrogens with one attached hydrogen (secondary N) is 1. The molecule has 2 atom stereocenters. The molecule has 0 fully saturated rings. The Morgan fingerprint density at radius 1 is 1.30 bits per heavy atom. The second-order valence-corrected chi connectivity index (χ2v) is 12.2. The fourth-order valence-electron chi connectivity index (χ4n) is 5.22. The highest BCUT2D eigenvalue weighted by molar-refractivity contribution is 7.99. The molecule has 0 spiro atoms. The molecule has 0 unspecified atom stereocenters. The molecule has 1 aliphatic heterocycles. The van der Waals surface area contributed by atoms with E-state index in [-0.39, 0.29) is 53.9 Å². The van der Waals surface area contributed by atoms with Crippen molar-refractivity contribution in [1.82, 2.24) is 14.9 Å². The molecule has 2 heterocycles. The number of alkyl halides is 3. The lowest BCUT2D eigenvalue weighted by atomic mass is 9.95. The average Bonchev–Trinajstić information content (AvgIpc) is 2.99. The normalized spacial score (nSPS) is 15.6. The van der Waals surface area contributed by atoms with Crippen LogP contribution in [0.4, 0.5) is 27.8 Å². The van der Waals surface area contributed by atoms with Crippen LogP contribution in [0.2, 0.25) is 5.02 Å². The highest BCUT2D eigenvalue weighted by atomic mass is 35.5. The van der Waals surface area contributed by atoms with Crippen molar-refractivity contribution < 1.29 is 36.2 Å². The number of thioether (sulfide) groups is 1. The Kier molecular flexibility index (Phi) is 11.2. The van der Waals surface area contributed by atoms with Crippen LogP contribution in [0.5, 0.6) is 0 Å². The van der Waals surface area contributed by atoms with E-state index in [1.165, 1.54) is 11.7 Å². The Morgan fingerprint density at radius 2 is 2.02 bits per heavy atom. The molecule has 8 nitrogen and oxygen atoms in total. The maximum Gasteiger partial charge on any atom is 0.417 e. The minimum absolute atomic E-state index is 0.0323. The second-order valence-electron chi connectivity index (χ2n) is 10.7. The van der Waals surface area contributed by atoms with Crippen LogP contribution in [0, 0.1) is 11.6 Å². The van der Waals surface area contributed by atoms with Crippen molar-refractivity contribution in [1.29, 1.82) is 0 Å². The number of benzene rings is 2. The molecule has 1 aliphatic rings. The van der Waals surface area contributed by atoms with Crippen LogP contribution in [0.15, 0.2) is 52.2 Å². The van der Waals surface area contributed by atoms with Crippen LogP contribution in [0.1, 0.15) is 32.4 Å². The Balaban J connectivity index is 2.12. The fourth-order valence-corrected chi connectivity index (χ4v) is 6.70. The van der Waals surface area contributed by atoms with E-state index in [2.05, 4.69) is 16.9 Å². The number of methoxy groups -OCH3 is 1. The minimum atomic E-state index is -5.01. The van der Waals surface area contributed by atoms with Crippen LogP contribution in [-0.4, -0.2) is 60.9 Å². The van der Waals surface area contributed by atoms with Crippen molar-refractivity contribution in [2.75, 3.05) is 44.3 Å². The zero-order chi connectivity index (χ0) is 33.9. The van der Waals surface area contributed by atoms with Gasteiger partial charge in [0.1, 0.15) is 24.2 Å². The molecule has 0 saturated heterocycles. The predicted octanol–water partition coefficient (Wildman–Crippen LogP) is 6.74. The summed E-state index contributed by atoms with van der Waals surface area (Å²) in [6, 6.07) is 0.849. The Bertz CT molecular complexity index is 1750. The predicted molar refractivity (Wildman–Crippen MR) is 168 cm³/mol. The van der Waals surface area contributed by atoms with E-state index >= 15 is 4.39 Å². The number of halogens is 6. The van der Waals surface area contributed by atoms with Crippen LogP contribution in [0.25, 0.3) is 22.0 Å². The number of aromatic nitrogens is 2. The monoisotopic (exact) mass is 686 g/mol. The maximum atomic E-state index is 15.3. The molecule has 1 aromatic heterocycles. The lowest BCUT2D eigenvalue weighted by molar-refractivity contribution is -0.137. The number of carbonyl (C=O) groups is 1. The Hall–Kier alpha value is -3.46. The quantitative estimate of drug-likeness (QED) is 0.0564. The smallest absolute Gasteiger partial charge is 0.359 e. The molecule has 0 saturated carbocycles. The van der Waals surface area contributed by atoms with Crippen LogP contribution >= 0.6 is 23.4 Å². The molecule has 0 bridgehead atoms. The van der Waals surface area contributed by atoms with Gasteiger partial charge in [0.2, 0.25) is 5.91 Å². The molecule has 1 N–H and O–H groups in total. The van der Waals surface area contributed by atoms with E-state index in [9.17, 15) is 27.2 Å². The summed E-state index contributed by atoms with van der Waals surface area (Å²) in [7, 11) is 1.42. The van der Waals surface area contributed by atoms with Crippen LogP contribution < -0.4 is 15.9 Å². The third-order valence-electron chi connectivity index (χ3n) is 7.33. The molecule has 4 rings (SSSR count). The van der Waals surface area contributed by atoms with Gasteiger partial charge >= 0.3 is 11.9 Å². The van der Waals surface area contributed by atoms with Crippen LogP contribution in [0.3, 0.4) is 0 Å². The van der Waals surface area contributed by atoms with Crippen molar-refractivity contribution in [3.63, 3.8) is 0 Å². The first kappa shape index (κ1) is 35.4. The van der Waals surface area contributed by atoms with Gasteiger partial charge in [0.05, 0.1) is 28.8 Å². The minimum Gasteiger partial charge on any atom is -0.359 e. The Labute approximate surface area is 271 Å². The maximum absolute atomic E-state index is 15.3. The molecule has 3 aromatic rings.